The number of carboxylic acid groups (broad SMARTS) is 4. The first-order valence-electron chi connectivity index (χ1n) is 31.0. The number of benzene rings is 8. The van der Waals surface area contributed by atoms with Crippen molar-refractivity contribution in [2.75, 3.05) is 5.73 Å². The molecule has 9 N–H and O–H groups in total. The van der Waals surface area contributed by atoms with Crippen LogP contribution in [0.3, 0.4) is 0 Å². The van der Waals surface area contributed by atoms with Crippen molar-refractivity contribution in [1.29, 1.82) is 0 Å². The van der Waals surface area contributed by atoms with Gasteiger partial charge in [-0.15, -0.1) is 0 Å². The van der Waals surface area contributed by atoms with Gasteiger partial charge >= 0.3 is 46.6 Å². The number of carboxylic acids is 4. The summed E-state index contributed by atoms with van der Waals surface area (Å²) < 4.78 is 22.6. The van der Waals surface area contributed by atoms with Gasteiger partial charge in [0.2, 0.25) is 23.0 Å². The van der Waals surface area contributed by atoms with E-state index in [1.54, 1.807) is 42.5 Å². The van der Waals surface area contributed by atoms with Crippen LogP contribution in [0.5, 0.6) is 46.0 Å². The molecule has 0 aliphatic heterocycles. The number of hydrogen-bond acceptors (Lipinski definition) is 17. The number of nitrogens with one attached hydrogen (secondary N) is 3. The van der Waals surface area contributed by atoms with E-state index < -0.39 is 43.6 Å². The molecule has 0 unspecified atom stereocenters. The maximum absolute atomic E-state index is 11.8. The maximum atomic E-state index is 11.8. The highest BCUT2D eigenvalue weighted by Gasteiger charge is 2.28. The Hall–Kier alpha value is -12.0. The van der Waals surface area contributed by atoms with Gasteiger partial charge in [0.25, 0.3) is 0 Å². The van der Waals surface area contributed by atoms with Gasteiger partial charge in [0.05, 0.1) is 92.8 Å². The number of H-pyrrole nitrogens is 3. The first kappa shape index (κ1) is 76.8. The Balaban J connectivity index is 0.000000175. The second-order valence-electron chi connectivity index (χ2n) is 22.8. The summed E-state index contributed by atoms with van der Waals surface area (Å²) >= 11 is 24.5. The quantitative estimate of drug-likeness (QED) is 0.0158. The second-order valence-corrected chi connectivity index (χ2v) is 24.4. The lowest BCUT2D eigenvalue weighted by atomic mass is 10.1. The lowest BCUT2D eigenvalue weighted by molar-refractivity contribution is -0.385. The van der Waals surface area contributed by atoms with Gasteiger partial charge < -0.3 is 60.1 Å². The third-order valence-electron chi connectivity index (χ3n) is 15.5. The van der Waals surface area contributed by atoms with Crippen molar-refractivity contribution in [3.8, 4) is 46.0 Å². The third-order valence-corrected chi connectivity index (χ3v) is 16.6. The van der Waals surface area contributed by atoms with Crippen molar-refractivity contribution >= 4 is 131 Å². The molecule has 11 aromatic rings. The Kier molecular flexibility index (Phi) is 25.3. The summed E-state index contributed by atoms with van der Waals surface area (Å²) in [5.41, 5.74) is 13.7. The third kappa shape index (κ3) is 19.3. The number of aromatic amines is 3. The molecular formula is C71H62Cl4N8O20. The fraction of sp³-hybridized carbons (Fsp3) is 0.183. The lowest BCUT2D eigenvalue weighted by Gasteiger charge is -2.10. The number of aryl methyl sites for hydroxylation is 5. The molecular weight excluding hydrogens is 1430 g/mol. The molecule has 0 saturated heterocycles. The molecule has 28 nitrogen and oxygen atoms in total. The van der Waals surface area contributed by atoms with Crippen molar-refractivity contribution in [2.24, 2.45) is 0 Å². The molecule has 3 aromatic heterocycles. The SMILES string of the molecule is CCCc1cc2c([N+](=O)[O-])c(Oc3ccc(CC(=O)O)cc3Cl)ccc2[nH]1.CCc1c(C)[nH]c2cc([N+](=O)[O-])c(Oc3ccc(CC(=O)O)cc3Cl)cc12.CCc1c(C)[nH]c2ccc(Oc3ccc(CC(=O)O)cc3Cl)c([N+](=O)[O-])c12.Nc1ccc(Oc2ccc(CC(=O)O)cc2Cl)c([N+](=O)[O-])c1. The maximum Gasteiger partial charge on any atom is 0.321 e. The Morgan fingerprint density at radius 2 is 0.796 bits per heavy atom. The van der Waals surface area contributed by atoms with Crippen molar-refractivity contribution in [3.05, 3.63) is 244 Å². The summed E-state index contributed by atoms with van der Waals surface area (Å²) in [6, 6.07) is 33.5. The number of rotatable bonds is 24. The van der Waals surface area contributed by atoms with E-state index in [0.717, 1.165) is 52.9 Å². The Morgan fingerprint density at radius 1 is 0.417 bits per heavy atom. The number of aromatic nitrogens is 3. The average molecular weight is 1490 g/mol. The topological polar surface area (TPSA) is 432 Å². The van der Waals surface area contributed by atoms with Crippen LogP contribution in [-0.4, -0.2) is 78.9 Å². The first-order chi connectivity index (χ1) is 48.9. The number of nitrogens with two attached hydrogens (primary N) is 1. The molecule has 3 heterocycles. The number of halogens is 4. The first-order valence-corrected chi connectivity index (χ1v) is 32.5. The predicted molar refractivity (Wildman–Crippen MR) is 386 cm³/mol. The van der Waals surface area contributed by atoms with E-state index in [1.807, 2.05) is 34.6 Å². The highest BCUT2D eigenvalue weighted by atomic mass is 35.5. The number of carbonyl (C=O) groups is 4. The number of hydrogen-bond donors (Lipinski definition) is 8. The molecule has 32 heteroatoms. The molecule has 534 valence electrons. The number of nitrogens with zero attached hydrogens (tertiary/aromatic N) is 4. The van der Waals surface area contributed by atoms with E-state index >= 15 is 0 Å². The summed E-state index contributed by atoms with van der Waals surface area (Å²) in [7, 11) is 0. The summed E-state index contributed by atoms with van der Waals surface area (Å²) in [5.74, 6) is -2.85. The van der Waals surface area contributed by atoms with Crippen molar-refractivity contribution < 1.29 is 78.2 Å². The van der Waals surface area contributed by atoms with Gasteiger partial charge in [0, 0.05) is 40.3 Å². The molecule has 0 amide bonds. The largest absolute Gasteiger partial charge is 0.481 e. The van der Waals surface area contributed by atoms with Gasteiger partial charge in [-0.05, 0) is 164 Å². The monoisotopic (exact) mass is 1490 g/mol. The molecule has 0 aliphatic carbocycles. The second kappa shape index (κ2) is 33.9. The van der Waals surface area contributed by atoms with Crippen molar-refractivity contribution in [1.82, 2.24) is 15.0 Å². The molecule has 8 aromatic carbocycles. The summed E-state index contributed by atoms with van der Waals surface area (Å²) in [6.45, 7) is 9.77. The van der Waals surface area contributed by atoms with Gasteiger partial charge in [-0.25, -0.2) is 0 Å². The lowest BCUT2D eigenvalue weighted by Crippen LogP contribution is -2.00. The van der Waals surface area contributed by atoms with Crippen LogP contribution in [-0.2, 0) is 64.1 Å². The van der Waals surface area contributed by atoms with Crippen LogP contribution in [0.15, 0.2) is 133 Å². The fourth-order valence-corrected chi connectivity index (χ4v) is 12.0. The Labute approximate surface area is 603 Å². The zero-order valence-electron chi connectivity index (χ0n) is 55.1. The van der Waals surface area contributed by atoms with Crippen LogP contribution in [0, 0.1) is 54.3 Å². The van der Waals surface area contributed by atoms with Crippen LogP contribution in [0.25, 0.3) is 32.7 Å². The molecule has 0 saturated carbocycles. The average Bonchev–Trinajstić information content (AvgIpc) is 1.67. The molecule has 0 bridgehead atoms. The van der Waals surface area contributed by atoms with E-state index in [1.165, 1.54) is 91.0 Å². The van der Waals surface area contributed by atoms with Crippen LogP contribution in [0.1, 0.15) is 77.7 Å². The Bertz CT molecular complexity index is 5080. The summed E-state index contributed by atoms with van der Waals surface area (Å²) in [5, 5.41) is 83.8. The summed E-state index contributed by atoms with van der Waals surface area (Å²) in [6.07, 6.45) is 2.43. The van der Waals surface area contributed by atoms with E-state index in [9.17, 15) is 59.6 Å². The fourth-order valence-electron chi connectivity index (χ4n) is 11.0. The molecule has 0 fully saturated rings. The van der Waals surface area contributed by atoms with Gasteiger partial charge in [-0.3, -0.25) is 59.6 Å². The number of nitrogen functional groups attached to an aromatic ring is 1. The van der Waals surface area contributed by atoms with Crippen LogP contribution in [0.2, 0.25) is 20.1 Å². The van der Waals surface area contributed by atoms with E-state index in [0.29, 0.717) is 56.0 Å². The molecule has 0 radical (unpaired) electrons. The normalized spacial score (nSPS) is 10.8. The minimum absolute atomic E-state index is 0.00733. The number of nitro benzene ring substituents is 4. The van der Waals surface area contributed by atoms with Crippen molar-refractivity contribution in [3.63, 3.8) is 0 Å². The number of aliphatic carboxylic acids is 4. The van der Waals surface area contributed by atoms with Crippen molar-refractivity contribution in [2.45, 2.75) is 86.0 Å². The van der Waals surface area contributed by atoms with Crippen LogP contribution in [0.4, 0.5) is 28.4 Å². The number of nitro groups is 4. The summed E-state index contributed by atoms with van der Waals surface area (Å²) in [4.78, 5) is 96.4. The van der Waals surface area contributed by atoms with E-state index in [-0.39, 0.29) is 120 Å². The van der Waals surface area contributed by atoms with Crippen LogP contribution < -0.4 is 24.7 Å². The molecule has 0 aliphatic rings. The number of ether oxygens (including phenoxy) is 4. The van der Waals surface area contributed by atoms with Crippen LogP contribution >= 0.6 is 46.4 Å². The zero-order chi connectivity index (χ0) is 75.3. The minimum Gasteiger partial charge on any atom is -0.481 e. The number of anilines is 1. The van der Waals surface area contributed by atoms with Gasteiger partial charge in [0.1, 0.15) is 23.0 Å². The smallest absolute Gasteiger partial charge is 0.321 e. The Morgan fingerprint density at radius 3 is 1.20 bits per heavy atom. The number of fused-ring (bicyclic) bond motifs is 3. The van der Waals surface area contributed by atoms with Gasteiger partial charge in [0.15, 0.2) is 0 Å². The molecule has 11 rings (SSSR count). The standard InChI is InChI=1S/3C19H17ClN2O5.C14H11ClN2O5/c1-3-12-10(2)21-14-5-7-16(19(18(12)14)22(25)26)27-15-6-4-11(8-13(15)20)9-17(23)24;1-3-12-10(2)21-15-9-16(22(25)26)18(8-13(12)15)27-17-5-4-11(6-14(17)20)7-19(23)24;1-2-3-12-10-13-15(21-12)5-7-17(19(13)22(25)26)27-16-6-4-11(8-14(16)20)9-18(23)24;15-10-5-8(6-14(18)19)1-3-12(10)22-13-4-2-9(16)7-11(13)17(20)21/h4-8,21H,3,9H2,1-2H3,(H,23,24);4-6,8-9,21H,3,7H2,1-2H3,(H,23,24);4-8,10,21H,2-3,9H2,1H3,(H,23,24);1-5,7H,6,16H2,(H,18,19). The molecule has 0 atom stereocenters. The molecule has 103 heavy (non-hydrogen) atoms. The minimum atomic E-state index is -0.987. The highest BCUT2D eigenvalue weighted by Crippen LogP contribution is 2.45. The van der Waals surface area contributed by atoms with E-state index in [2.05, 4.69) is 15.0 Å². The predicted octanol–water partition coefficient (Wildman–Crippen LogP) is 18.4. The zero-order valence-corrected chi connectivity index (χ0v) is 58.1. The van der Waals surface area contributed by atoms with Gasteiger partial charge in [-0.2, -0.15) is 0 Å². The highest BCUT2D eigenvalue weighted by molar-refractivity contribution is 6.33. The van der Waals surface area contributed by atoms with E-state index in [4.69, 9.17) is 91.5 Å². The molecule has 0 spiro atoms. The van der Waals surface area contributed by atoms with Gasteiger partial charge in [-0.1, -0.05) is 97.9 Å².